The Morgan fingerprint density at radius 1 is 1.17 bits per heavy atom. The second-order valence-electron chi connectivity index (χ2n) is 5.61. The monoisotopic (exact) mass is 333 g/mol. The number of fused-ring (bicyclic) bond motifs is 2. The molecule has 0 bridgehead atoms. The molecule has 2 aromatic heterocycles. The van der Waals surface area contributed by atoms with Crippen molar-refractivity contribution in [1.29, 1.82) is 0 Å². The minimum Gasteiger partial charge on any atom is -0.379 e. The Bertz CT molecular complexity index is 912. The Morgan fingerprint density at radius 3 is 2.83 bits per heavy atom. The van der Waals surface area contributed by atoms with Gasteiger partial charge in [0, 0.05) is 37.3 Å². The molecular formula is C16H16ClN3O3. The summed E-state index contributed by atoms with van der Waals surface area (Å²) >= 11 is 6.18. The molecule has 7 heteroatoms. The van der Waals surface area contributed by atoms with Gasteiger partial charge in [-0.25, -0.2) is 0 Å². The maximum atomic E-state index is 12.5. The highest BCUT2D eigenvalue weighted by Crippen LogP contribution is 2.25. The number of halogens is 1. The summed E-state index contributed by atoms with van der Waals surface area (Å²) in [5.41, 5.74) is 1.13. The van der Waals surface area contributed by atoms with Crippen LogP contribution in [-0.2, 0) is 11.3 Å². The Labute approximate surface area is 137 Å². The Balaban J connectivity index is 1.68. The normalized spacial score (nSPS) is 16.4. The molecule has 1 aliphatic rings. The van der Waals surface area contributed by atoms with E-state index in [0.29, 0.717) is 22.5 Å². The van der Waals surface area contributed by atoms with Gasteiger partial charge in [-0.3, -0.25) is 14.7 Å². The van der Waals surface area contributed by atoms with E-state index in [4.69, 9.17) is 20.9 Å². The van der Waals surface area contributed by atoms with Crippen molar-refractivity contribution in [3.05, 3.63) is 39.8 Å². The first-order valence-corrected chi connectivity index (χ1v) is 7.98. The lowest BCUT2D eigenvalue weighted by Crippen LogP contribution is -2.38. The van der Waals surface area contributed by atoms with Gasteiger partial charge in [0.15, 0.2) is 5.58 Å². The van der Waals surface area contributed by atoms with Crippen LogP contribution >= 0.6 is 11.6 Å². The first-order valence-electron chi connectivity index (χ1n) is 7.60. The number of hydrogen-bond donors (Lipinski definition) is 0. The molecule has 0 spiro atoms. The lowest BCUT2D eigenvalue weighted by atomic mass is 10.1. The van der Waals surface area contributed by atoms with Crippen molar-refractivity contribution in [3.63, 3.8) is 0 Å². The molecule has 120 valence electrons. The maximum absolute atomic E-state index is 12.5. The van der Waals surface area contributed by atoms with E-state index in [1.54, 1.807) is 24.4 Å². The van der Waals surface area contributed by atoms with Gasteiger partial charge in [-0.2, -0.15) is 4.74 Å². The largest absolute Gasteiger partial charge is 0.379 e. The zero-order valence-electron chi connectivity index (χ0n) is 12.5. The molecular weight excluding hydrogens is 318 g/mol. The number of hydrogen-bond acceptors (Lipinski definition) is 5. The number of morpholine rings is 1. The smallest absolute Gasteiger partial charge is 0.290 e. The molecule has 0 radical (unpaired) electrons. The van der Waals surface area contributed by atoms with Gasteiger partial charge in [0.25, 0.3) is 5.56 Å². The van der Waals surface area contributed by atoms with Gasteiger partial charge in [-0.05, 0) is 12.1 Å². The predicted molar refractivity (Wildman–Crippen MR) is 88.0 cm³/mol. The molecule has 4 rings (SSSR count). The second kappa shape index (κ2) is 5.96. The van der Waals surface area contributed by atoms with Gasteiger partial charge in [-0.1, -0.05) is 11.6 Å². The molecule has 0 unspecified atom stereocenters. The van der Waals surface area contributed by atoms with Gasteiger partial charge >= 0.3 is 0 Å². The van der Waals surface area contributed by atoms with Crippen molar-refractivity contribution in [3.8, 4) is 0 Å². The van der Waals surface area contributed by atoms with Gasteiger partial charge in [-0.15, -0.1) is 0 Å². The summed E-state index contributed by atoms with van der Waals surface area (Å²) in [7, 11) is 0. The first-order chi connectivity index (χ1) is 11.2. The molecule has 0 aliphatic carbocycles. The molecule has 0 saturated carbocycles. The fraction of sp³-hybridized carbons (Fsp3) is 0.375. The zero-order chi connectivity index (χ0) is 15.8. The van der Waals surface area contributed by atoms with Crippen LogP contribution in [0.3, 0.4) is 0 Å². The average Bonchev–Trinajstić information content (AvgIpc) is 2.88. The topological polar surface area (TPSA) is 60.5 Å². The Hall–Kier alpha value is -1.89. The molecule has 3 heterocycles. The van der Waals surface area contributed by atoms with Crippen LogP contribution in [0.15, 0.2) is 33.7 Å². The third-order valence-electron chi connectivity index (χ3n) is 4.18. The van der Waals surface area contributed by atoms with Crippen molar-refractivity contribution < 1.29 is 9.26 Å². The first kappa shape index (κ1) is 14.7. The zero-order valence-corrected chi connectivity index (χ0v) is 13.3. The number of aromatic nitrogens is 2. The third-order valence-corrected chi connectivity index (χ3v) is 4.51. The minimum absolute atomic E-state index is 0.130. The van der Waals surface area contributed by atoms with Crippen LogP contribution in [0.25, 0.3) is 21.9 Å². The molecule has 1 saturated heterocycles. The van der Waals surface area contributed by atoms with E-state index in [2.05, 4.69) is 9.88 Å². The lowest BCUT2D eigenvalue weighted by molar-refractivity contribution is 0.0332. The summed E-state index contributed by atoms with van der Waals surface area (Å²) < 4.78 is 12.4. The van der Waals surface area contributed by atoms with Gasteiger partial charge < -0.3 is 9.26 Å². The Morgan fingerprint density at radius 2 is 2.00 bits per heavy atom. The van der Waals surface area contributed by atoms with E-state index in [1.165, 1.54) is 4.74 Å². The summed E-state index contributed by atoms with van der Waals surface area (Å²) in [6.45, 7) is 4.54. The number of nitrogens with zero attached hydrogens (tertiary/aromatic N) is 3. The van der Waals surface area contributed by atoms with Crippen LogP contribution in [0, 0.1) is 0 Å². The summed E-state index contributed by atoms with van der Waals surface area (Å²) in [5, 5.41) is 1.88. The Kier molecular flexibility index (Phi) is 3.80. The molecule has 0 amide bonds. The van der Waals surface area contributed by atoms with Crippen LogP contribution in [-0.4, -0.2) is 47.5 Å². The highest BCUT2D eigenvalue weighted by atomic mass is 35.5. The van der Waals surface area contributed by atoms with Crippen molar-refractivity contribution in [1.82, 2.24) is 14.6 Å². The highest BCUT2D eigenvalue weighted by molar-refractivity contribution is 6.35. The average molecular weight is 334 g/mol. The summed E-state index contributed by atoms with van der Waals surface area (Å²) in [5.74, 6) is 0. The molecule has 0 N–H and O–H groups in total. The fourth-order valence-corrected chi connectivity index (χ4v) is 3.09. The SMILES string of the molecule is O=c1c2cc3c(Cl)ccnc3cc2on1CCN1CCOCC1. The van der Waals surface area contributed by atoms with Crippen molar-refractivity contribution >= 4 is 33.5 Å². The van der Waals surface area contributed by atoms with E-state index in [1.807, 2.05) is 0 Å². The van der Waals surface area contributed by atoms with Crippen molar-refractivity contribution in [2.24, 2.45) is 0 Å². The van der Waals surface area contributed by atoms with Gasteiger partial charge in [0.05, 0.1) is 35.7 Å². The van der Waals surface area contributed by atoms with Crippen LogP contribution in [0.5, 0.6) is 0 Å². The summed E-state index contributed by atoms with van der Waals surface area (Å²) in [6, 6.07) is 5.24. The van der Waals surface area contributed by atoms with Crippen molar-refractivity contribution in [2.45, 2.75) is 6.54 Å². The lowest BCUT2D eigenvalue weighted by Gasteiger charge is -2.26. The van der Waals surface area contributed by atoms with E-state index >= 15 is 0 Å². The minimum atomic E-state index is -0.130. The summed E-state index contributed by atoms with van der Waals surface area (Å²) in [6.07, 6.45) is 1.64. The van der Waals surface area contributed by atoms with Gasteiger partial charge in [0.1, 0.15) is 0 Å². The third kappa shape index (κ3) is 2.73. The van der Waals surface area contributed by atoms with Crippen molar-refractivity contribution in [2.75, 3.05) is 32.8 Å². The number of pyridine rings is 1. The quantitative estimate of drug-likeness (QED) is 0.735. The molecule has 1 aromatic carbocycles. The summed E-state index contributed by atoms with van der Waals surface area (Å²) in [4.78, 5) is 19.1. The predicted octanol–water partition coefficient (Wildman–Crippen LogP) is 2.13. The molecule has 1 fully saturated rings. The van der Waals surface area contributed by atoms with Crippen LogP contribution in [0.2, 0.25) is 5.02 Å². The van der Waals surface area contributed by atoms with E-state index in [0.717, 1.165) is 43.8 Å². The van der Waals surface area contributed by atoms with E-state index in [9.17, 15) is 4.79 Å². The standard InChI is InChI=1S/C16H16ClN3O3/c17-13-1-2-18-14-10-15-12(9-11(13)14)16(21)20(23-15)4-3-19-5-7-22-8-6-19/h1-2,9-10H,3-8H2. The number of rotatable bonds is 3. The van der Waals surface area contributed by atoms with E-state index in [-0.39, 0.29) is 5.56 Å². The number of benzene rings is 1. The molecule has 3 aromatic rings. The molecule has 0 atom stereocenters. The second-order valence-corrected chi connectivity index (χ2v) is 6.02. The number of ether oxygens (including phenoxy) is 1. The molecule has 23 heavy (non-hydrogen) atoms. The maximum Gasteiger partial charge on any atom is 0.290 e. The van der Waals surface area contributed by atoms with Crippen LogP contribution in [0.4, 0.5) is 0 Å². The van der Waals surface area contributed by atoms with E-state index < -0.39 is 0 Å². The molecule has 6 nitrogen and oxygen atoms in total. The fourth-order valence-electron chi connectivity index (χ4n) is 2.88. The van der Waals surface area contributed by atoms with Crippen LogP contribution < -0.4 is 5.56 Å². The highest BCUT2D eigenvalue weighted by Gasteiger charge is 2.15. The van der Waals surface area contributed by atoms with Gasteiger partial charge in [0.2, 0.25) is 0 Å². The molecule has 1 aliphatic heterocycles. The van der Waals surface area contributed by atoms with Crippen LogP contribution in [0.1, 0.15) is 0 Å².